The second kappa shape index (κ2) is 6.61. The zero-order valence-electron chi connectivity index (χ0n) is 12.0. The molecule has 0 unspecified atom stereocenters. The Morgan fingerprint density at radius 2 is 1.25 bits per heavy atom. The maximum Gasteiger partial charge on any atom is 0.101 e. The summed E-state index contributed by atoms with van der Waals surface area (Å²) in [6.45, 7) is 1.98. The highest BCUT2D eigenvalue weighted by Crippen LogP contribution is 2.21. The van der Waals surface area contributed by atoms with E-state index in [4.69, 9.17) is 0 Å². The number of rotatable bonds is 3. The highest BCUT2D eigenvalue weighted by molar-refractivity contribution is 5.82. The fraction of sp³-hybridized carbons (Fsp3) is 0.188. The predicted molar refractivity (Wildman–Crippen MR) is 83.5 cm³/mol. The Balaban J connectivity index is 2.09. The van der Waals surface area contributed by atoms with Gasteiger partial charge >= 0.3 is 0 Å². The number of hydrogen-bond donors (Lipinski definition) is 0. The minimum Gasteiger partial charge on any atom is -0.366 e. The molecule has 0 radical (unpaired) electrons. The van der Waals surface area contributed by atoms with Crippen LogP contribution in [0.25, 0.3) is 0 Å². The number of nitrogens with zero attached hydrogens (tertiary/aromatic N) is 4. The van der Waals surface area contributed by atoms with E-state index in [9.17, 15) is 0 Å². The van der Waals surface area contributed by atoms with Gasteiger partial charge in [-0.25, -0.2) is 4.99 Å². The van der Waals surface area contributed by atoms with Gasteiger partial charge in [0.25, 0.3) is 0 Å². The Bertz CT molecular complexity index is 598. The minimum atomic E-state index is 0.815. The molecule has 0 N–H and O–H groups in total. The topological polar surface area (TPSA) is 40.3 Å². The molecule has 0 bridgehead atoms. The van der Waals surface area contributed by atoms with Crippen LogP contribution in [0, 0.1) is 0 Å². The summed E-state index contributed by atoms with van der Waals surface area (Å²) in [4.78, 5) is 6.46. The minimum absolute atomic E-state index is 0.815. The summed E-state index contributed by atoms with van der Waals surface area (Å²) in [6.07, 6.45) is 0. The van der Waals surface area contributed by atoms with E-state index in [0.29, 0.717) is 0 Å². The molecule has 0 atom stereocenters. The summed E-state index contributed by atoms with van der Waals surface area (Å²) in [6, 6.07) is 17.4. The smallest absolute Gasteiger partial charge is 0.101 e. The first-order valence-corrected chi connectivity index (χ1v) is 6.44. The third-order valence-electron chi connectivity index (χ3n) is 2.82. The Morgan fingerprint density at radius 1 is 0.750 bits per heavy atom. The molecule has 4 nitrogen and oxygen atoms in total. The maximum absolute atomic E-state index is 4.49. The normalized spacial score (nSPS) is 11.8. The van der Waals surface area contributed by atoms with E-state index in [0.717, 1.165) is 22.9 Å². The van der Waals surface area contributed by atoms with Crippen LogP contribution in [0.15, 0.2) is 69.8 Å². The number of aliphatic imine (C=N–C) groups is 1. The summed E-state index contributed by atoms with van der Waals surface area (Å²) in [7, 11) is 3.95. The first kappa shape index (κ1) is 13.9. The molecule has 102 valence electrons. The zero-order chi connectivity index (χ0) is 14.4. The molecular formula is C16H18N4. The molecule has 0 saturated carbocycles. The van der Waals surface area contributed by atoms with Crippen LogP contribution >= 0.6 is 0 Å². The Morgan fingerprint density at radius 3 is 1.80 bits per heavy atom. The van der Waals surface area contributed by atoms with Gasteiger partial charge in [-0.05, 0) is 43.3 Å². The summed E-state index contributed by atoms with van der Waals surface area (Å²) in [5, 5.41) is 8.37. The van der Waals surface area contributed by atoms with Crippen LogP contribution in [-0.4, -0.2) is 24.8 Å². The molecule has 4 heteroatoms. The lowest BCUT2D eigenvalue weighted by Crippen LogP contribution is -2.17. The van der Waals surface area contributed by atoms with Crippen molar-refractivity contribution in [3.63, 3.8) is 0 Å². The van der Waals surface area contributed by atoms with Crippen molar-refractivity contribution in [3.8, 4) is 0 Å². The van der Waals surface area contributed by atoms with Crippen LogP contribution in [0.3, 0.4) is 0 Å². The van der Waals surface area contributed by atoms with Crippen LogP contribution in [-0.2, 0) is 0 Å². The van der Waals surface area contributed by atoms with E-state index in [1.807, 2.05) is 80.5 Å². The van der Waals surface area contributed by atoms with E-state index in [2.05, 4.69) is 15.2 Å². The lowest BCUT2D eigenvalue weighted by molar-refractivity contribution is 0.619. The lowest BCUT2D eigenvalue weighted by Gasteiger charge is -2.10. The number of azo groups is 1. The molecule has 0 heterocycles. The number of amidine groups is 1. The van der Waals surface area contributed by atoms with Gasteiger partial charge in [0.15, 0.2) is 0 Å². The molecule has 2 aromatic rings. The molecule has 0 aliphatic carbocycles. The molecule has 0 aliphatic heterocycles. The molecule has 20 heavy (non-hydrogen) atoms. The van der Waals surface area contributed by atoms with Crippen LogP contribution in [0.5, 0.6) is 0 Å². The van der Waals surface area contributed by atoms with Crippen LogP contribution in [0.1, 0.15) is 6.92 Å². The first-order valence-electron chi connectivity index (χ1n) is 6.44. The monoisotopic (exact) mass is 266 g/mol. The van der Waals surface area contributed by atoms with Crippen molar-refractivity contribution in [2.45, 2.75) is 6.92 Å². The van der Waals surface area contributed by atoms with Crippen molar-refractivity contribution in [3.05, 3.63) is 54.6 Å². The molecule has 0 aliphatic rings. The van der Waals surface area contributed by atoms with Gasteiger partial charge in [-0.15, -0.1) is 0 Å². The molecule has 2 aromatic carbocycles. The summed E-state index contributed by atoms with van der Waals surface area (Å²) in [5.41, 5.74) is 2.57. The third-order valence-corrected chi connectivity index (χ3v) is 2.82. The SMILES string of the molecule is CC(=Nc1ccc(N=Nc2ccccc2)cc1)N(C)C. The Kier molecular flexibility index (Phi) is 4.60. The van der Waals surface area contributed by atoms with Gasteiger partial charge in [0.2, 0.25) is 0 Å². The summed E-state index contributed by atoms with van der Waals surface area (Å²) >= 11 is 0. The van der Waals surface area contributed by atoms with Crippen molar-refractivity contribution >= 4 is 22.9 Å². The fourth-order valence-corrected chi connectivity index (χ4v) is 1.49. The van der Waals surface area contributed by atoms with Crippen LogP contribution in [0.4, 0.5) is 17.1 Å². The second-order valence-electron chi connectivity index (χ2n) is 4.61. The Hall–Kier alpha value is -2.49. The third kappa shape index (κ3) is 4.02. The van der Waals surface area contributed by atoms with Crippen LogP contribution in [0.2, 0.25) is 0 Å². The van der Waals surface area contributed by atoms with E-state index in [1.54, 1.807) is 0 Å². The number of hydrogen-bond acceptors (Lipinski definition) is 3. The quantitative estimate of drug-likeness (QED) is 0.450. The van der Waals surface area contributed by atoms with Crippen LogP contribution < -0.4 is 0 Å². The van der Waals surface area contributed by atoms with Crippen molar-refractivity contribution in [1.82, 2.24) is 4.90 Å². The molecule has 0 fully saturated rings. The zero-order valence-corrected chi connectivity index (χ0v) is 12.0. The standard InChI is InChI=1S/C16H18N4/c1-13(20(2)3)17-14-9-11-16(12-10-14)19-18-15-7-5-4-6-8-15/h4-12H,1-3H3. The predicted octanol–water partition coefficient (Wildman–Crippen LogP) is 4.71. The van der Waals surface area contributed by atoms with Crippen molar-refractivity contribution in [1.29, 1.82) is 0 Å². The first-order chi connectivity index (χ1) is 9.65. The lowest BCUT2D eigenvalue weighted by atomic mass is 10.3. The van der Waals surface area contributed by atoms with E-state index in [1.165, 1.54) is 0 Å². The van der Waals surface area contributed by atoms with E-state index >= 15 is 0 Å². The Labute approximate surface area is 119 Å². The highest BCUT2D eigenvalue weighted by atomic mass is 15.1. The van der Waals surface area contributed by atoms with E-state index in [-0.39, 0.29) is 0 Å². The van der Waals surface area contributed by atoms with Crippen molar-refractivity contribution in [2.75, 3.05) is 14.1 Å². The second-order valence-corrected chi connectivity index (χ2v) is 4.61. The number of benzene rings is 2. The molecule has 2 rings (SSSR count). The van der Waals surface area contributed by atoms with Gasteiger partial charge in [0.1, 0.15) is 5.84 Å². The fourth-order valence-electron chi connectivity index (χ4n) is 1.49. The molecule has 0 spiro atoms. The van der Waals surface area contributed by atoms with E-state index < -0.39 is 0 Å². The average Bonchev–Trinajstić information content (AvgIpc) is 2.47. The molecule has 0 aromatic heterocycles. The summed E-state index contributed by atoms with van der Waals surface area (Å²) < 4.78 is 0. The van der Waals surface area contributed by atoms with Gasteiger partial charge in [-0.1, -0.05) is 18.2 Å². The van der Waals surface area contributed by atoms with Gasteiger partial charge in [0, 0.05) is 14.1 Å². The van der Waals surface area contributed by atoms with Crippen molar-refractivity contribution < 1.29 is 0 Å². The van der Waals surface area contributed by atoms with Gasteiger partial charge < -0.3 is 4.90 Å². The van der Waals surface area contributed by atoms with Gasteiger partial charge in [0.05, 0.1) is 17.1 Å². The van der Waals surface area contributed by atoms with Gasteiger partial charge in [-0.3, -0.25) is 0 Å². The molecular weight excluding hydrogens is 248 g/mol. The highest BCUT2D eigenvalue weighted by Gasteiger charge is 1.95. The van der Waals surface area contributed by atoms with Crippen molar-refractivity contribution in [2.24, 2.45) is 15.2 Å². The molecule has 0 saturated heterocycles. The largest absolute Gasteiger partial charge is 0.366 e. The summed E-state index contributed by atoms with van der Waals surface area (Å²) in [5.74, 6) is 0.962. The molecule has 0 amide bonds. The maximum atomic E-state index is 4.49. The average molecular weight is 266 g/mol. The van der Waals surface area contributed by atoms with Gasteiger partial charge in [-0.2, -0.15) is 10.2 Å².